The minimum atomic E-state index is -0.258. The van der Waals surface area contributed by atoms with Crippen LogP contribution in [0.1, 0.15) is 29.0 Å². The number of amides is 1. The maximum absolute atomic E-state index is 13.3. The van der Waals surface area contributed by atoms with Gasteiger partial charge in [-0.05, 0) is 37.6 Å². The van der Waals surface area contributed by atoms with E-state index in [2.05, 4.69) is 5.32 Å². The third kappa shape index (κ3) is 1.37. The fourth-order valence-corrected chi connectivity index (χ4v) is 2.59. The lowest BCUT2D eigenvalue weighted by atomic mass is 10.1. The number of hydrogen-bond acceptors (Lipinski definition) is 1. The van der Waals surface area contributed by atoms with Crippen LogP contribution in [-0.2, 0) is 0 Å². The lowest BCUT2D eigenvalue weighted by Gasteiger charge is -2.24. The molecular weight excluding hydrogens is 219 g/mol. The van der Waals surface area contributed by atoms with Crippen molar-refractivity contribution in [2.75, 3.05) is 6.54 Å². The molecular formula is C13H13FN2O. The Balaban J connectivity index is 2.42. The first kappa shape index (κ1) is 10.3. The zero-order valence-electron chi connectivity index (χ0n) is 9.75. The monoisotopic (exact) mass is 232 g/mol. The van der Waals surface area contributed by atoms with Crippen LogP contribution in [0.2, 0.25) is 0 Å². The molecule has 1 atom stereocenters. The summed E-state index contributed by atoms with van der Waals surface area (Å²) in [7, 11) is 0. The van der Waals surface area contributed by atoms with Crippen molar-refractivity contribution in [3.63, 3.8) is 0 Å². The largest absolute Gasteiger partial charge is 0.349 e. The molecule has 4 heteroatoms. The van der Waals surface area contributed by atoms with Crippen LogP contribution >= 0.6 is 0 Å². The van der Waals surface area contributed by atoms with E-state index < -0.39 is 0 Å². The minimum absolute atomic E-state index is 0.0842. The fraction of sp³-hybridized carbons (Fsp3) is 0.308. The van der Waals surface area contributed by atoms with E-state index in [0.29, 0.717) is 12.2 Å². The summed E-state index contributed by atoms with van der Waals surface area (Å²) in [6, 6.07) is 4.95. The molecule has 0 fully saturated rings. The van der Waals surface area contributed by atoms with Crippen molar-refractivity contribution in [1.29, 1.82) is 0 Å². The molecule has 2 aromatic rings. The van der Waals surface area contributed by atoms with Gasteiger partial charge < -0.3 is 9.88 Å². The standard InChI is InChI=1S/C13H13FN2O/c1-7-3-10(14)4-9-5-11-13(17)15-6-8(2)16(11)12(7)9/h3-5,8H,6H2,1-2H3,(H,15,17). The molecule has 1 N–H and O–H groups in total. The molecule has 1 aliphatic rings. The highest BCUT2D eigenvalue weighted by molar-refractivity contribution is 6.00. The number of benzene rings is 1. The normalized spacial score (nSPS) is 19.2. The van der Waals surface area contributed by atoms with E-state index in [9.17, 15) is 9.18 Å². The van der Waals surface area contributed by atoms with Crippen molar-refractivity contribution >= 4 is 16.8 Å². The van der Waals surface area contributed by atoms with E-state index >= 15 is 0 Å². The average molecular weight is 232 g/mol. The van der Waals surface area contributed by atoms with Crippen molar-refractivity contribution in [2.45, 2.75) is 19.9 Å². The van der Waals surface area contributed by atoms with Crippen molar-refractivity contribution in [1.82, 2.24) is 9.88 Å². The number of fused-ring (bicyclic) bond motifs is 3. The van der Waals surface area contributed by atoms with Gasteiger partial charge in [-0.3, -0.25) is 4.79 Å². The molecule has 0 bridgehead atoms. The predicted octanol–water partition coefficient (Wildman–Crippen LogP) is 2.39. The topological polar surface area (TPSA) is 34.0 Å². The molecule has 1 unspecified atom stereocenters. The molecule has 1 amide bonds. The van der Waals surface area contributed by atoms with Gasteiger partial charge in [-0.2, -0.15) is 0 Å². The number of nitrogens with one attached hydrogen (secondary N) is 1. The number of aryl methyl sites for hydroxylation is 1. The van der Waals surface area contributed by atoms with Gasteiger partial charge in [0, 0.05) is 18.0 Å². The molecule has 0 radical (unpaired) electrons. The van der Waals surface area contributed by atoms with Gasteiger partial charge in [0.2, 0.25) is 0 Å². The van der Waals surface area contributed by atoms with Crippen LogP contribution in [-0.4, -0.2) is 17.0 Å². The number of rotatable bonds is 0. The highest BCUT2D eigenvalue weighted by Crippen LogP contribution is 2.29. The fourth-order valence-electron chi connectivity index (χ4n) is 2.59. The maximum atomic E-state index is 13.3. The Kier molecular flexibility index (Phi) is 2.02. The molecule has 1 aliphatic heterocycles. The van der Waals surface area contributed by atoms with Gasteiger partial charge in [-0.1, -0.05) is 0 Å². The predicted molar refractivity (Wildman–Crippen MR) is 63.7 cm³/mol. The van der Waals surface area contributed by atoms with E-state index in [-0.39, 0.29) is 17.8 Å². The Hall–Kier alpha value is -1.84. The molecule has 88 valence electrons. The zero-order chi connectivity index (χ0) is 12.2. The first-order chi connectivity index (χ1) is 8.08. The van der Waals surface area contributed by atoms with Crippen LogP contribution < -0.4 is 5.32 Å². The van der Waals surface area contributed by atoms with E-state index in [1.165, 1.54) is 12.1 Å². The summed E-state index contributed by atoms with van der Waals surface area (Å²) in [5.41, 5.74) is 2.45. The van der Waals surface area contributed by atoms with Crippen molar-refractivity contribution in [2.24, 2.45) is 0 Å². The molecule has 1 aromatic carbocycles. The van der Waals surface area contributed by atoms with Gasteiger partial charge in [0.25, 0.3) is 5.91 Å². The average Bonchev–Trinajstić information content (AvgIpc) is 2.64. The lowest BCUT2D eigenvalue weighted by molar-refractivity contribution is 0.0919. The van der Waals surface area contributed by atoms with Crippen LogP contribution in [0.3, 0.4) is 0 Å². The van der Waals surface area contributed by atoms with Crippen LogP contribution in [0.25, 0.3) is 10.9 Å². The molecule has 1 aromatic heterocycles. The molecule has 17 heavy (non-hydrogen) atoms. The van der Waals surface area contributed by atoms with E-state index in [1.54, 1.807) is 6.07 Å². The van der Waals surface area contributed by atoms with E-state index in [4.69, 9.17) is 0 Å². The summed E-state index contributed by atoms with van der Waals surface area (Å²) in [6.45, 7) is 4.54. The lowest BCUT2D eigenvalue weighted by Crippen LogP contribution is -2.37. The molecule has 0 saturated heterocycles. The van der Waals surface area contributed by atoms with Crippen molar-refractivity contribution < 1.29 is 9.18 Å². The van der Waals surface area contributed by atoms with Gasteiger partial charge >= 0.3 is 0 Å². The van der Waals surface area contributed by atoms with E-state index in [1.807, 2.05) is 18.4 Å². The summed E-state index contributed by atoms with van der Waals surface area (Å²) in [5, 5.41) is 3.62. The van der Waals surface area contributed by atoms with Crippen molar-refractivity contribution in [3.05, 3.63) is 35.3 Å². The number of carbonyl (C=O) groups excluding carboxylic acids is 1. The second-order valence-electron chi connectivity index (χ2n) is 4.62. The summed E-state index contributed by atoms with van der Waals surface area (Å²) in [5.74, 6) is -0.342. The number of hydrogen-bond donors (Lipinski definition) is 1. The maximum Gasteiger partial charge on any atom is 0.268 e. The Bertz CT molecular complexity index is 630. The number of carbonyl (C=O) groups is 1. The van der Waals surface area contributed by atoms with Gasteiger partial charge in [0.05, 0.1) is 5.52 Å². The molecule has 3 nitrogen and oxygen atoms in total. The van der Waals surface area contributed by atoms with Crippen LogP contribution in [0, 0.1) is 12.7 Å². The van der Waals surface area contributed by atoms with Crippen LogP contribution in [0.15, 0.2) is 18.2 Å². The van der Waals surface area contributed by atoms with Gasteiger partial charge in [-0.25, -0.2) is 4.39 Å². The van der Waals surface area contributed by atoms with E-state index in [0.717, 1.165) is 16.5 Å². The molecule has 0 spiro atoms. The minimum Gasteiger partial charge on any atom is -0.349 e. The second kappa shape index (κ2) is 3.32. The number of aromatic nitrogens is 1. The van der Waals surface area contributed by atoms with Crippen LogP contribution in [0.4, 0.5) is 4.39 Å². The third-order valence-electron chi connectivity index (χ3n) is 3.32. The SMILES string of the molecule is Cc1cc(F)cc2cc3n(c12)C(C)CNC3=O. The highest BCUT2D eigenvalue weighted by atomic mass is 19.1. The number of halogens is 1. The zero-order valence-corrected chi connectivity index (χ0v) is 9.75. The van der Waals surface area contributed by atoms with Crippen LogP contribution in [0.5, 0.6) is 0 Å². The van der Waals surface area contributed by atoms with Crippen molar-refractivity contribution in [3.8, 4) is 0 Å². The molecule has 0 saturated carbocycles. The third-order valence-corrected chi connectivity index (χ3v) is 3.32. The summed E-state index contributed by atoms with van der Waals surface area (Å²) < 4.78 is 15.3. The summed E-state index contributed by atoms with van der Waals surface area (Å²) >= 11 is 0. The molecule has 0 aliphatic carbocycles. The summed E-state index contributed by atoms with van der Waals surface area (Å²) in [4.78, 5) is 11.8. The second-order valence-corrected chi connectivity index (χ2v) is 4.62. The Labute approximate surface area is 98.2 Å². The highest BCUT2D eigenvalue weighted by Gasteiger charge is 2.25. The number of nitrogens with zero attached hydrogens (tertiary/aromatic N) is 1. The Morgan fingerprint density at radius 3 is 2.94 bits per heavy atom. The van der Waals surface area contributed by atoms with Gasteiger partial charge in [-0.15, -0.1) is 0 Å². The molecule has 2 heterocycles. The first-order valence-corrected chi connectivity index (χ1v) is 5.67. The summed E-state index contributed by atoms with van der Waals surface area (Å²) in [6.07, 6.45) is 0. The quantitative estimate of drug-likeness (QED) is 0.743. The van der Waals surface area contributed by atoms with Gasteiger partial charge in [0.15, 0.2) is 0 Å². The van der Waals surface area contributed by atoms with Gasteiger partial charge in [0.1, 0.15) is 11.5 Å². The molecule has 3 rings (SSSR count). The Morgan fingerprint density at radius 1 is 1.41 bits per heavy atom. The first-order valence-electron chi connectivity index (χ1n) is 5.67. The smallest absolute Gasteiger partial charge is 0.268 e. The Morgan fingerprint density at radius 2 is 2.18 bits per heavy atom.